The zero-order valence-corrected chi connectivity index (χ0v) is 13.7. The van der Waals surface area contributed by atoms with Gasteiger partial charge in [0.25, 0.3) is 0 Å². The Morgan fingerprint density at radius 2 is 1.86 bits per heavy atom. The maximum absolute atomic E-state index is 5.74. The molecular formula is C16H21ClN2OS. The standard InChI is InChI=1S/C16H21ClN2OS/c17-12-15-13-21-16(19-15)5-1-2-10-20-11-3-4-14-6-8-18-9-7-14/h6-9,13H,1-5,10-12H2. The summed E-state index contributed by atoms with van der Waals surface area (Å²) in [6.45, 7) is 1.67. The number of hydrogen-bond donors (Lipinski definition) is 0. The molecule has 2 aromatic rings. The molecule has 0 unspecified atom stereocenters. The third-order valence-corrected chi connectivity index (χ3v) is 4.40. The molecule has 2 rings (SSSR count). The van der Waals surface area contributed by atoms with Crippen molar-refractivity contribution in [3.8, 4) is 0 Å². The summed E-state index contributed by atoms with van der Waals surface area (Å²) in [6.07, 6.45) is 9.04. The summed E-state index contributed by atoms with van der Waals surface area (Å²) >= 11 is 7.44. The van der Waals surface area contributed by atoms with Crippen molar-refractivity contribution in [1.82, 2.24) is 9.97 Å². The van der Waals surface area contributed by atoms with Crippen LogP contribution < -0.4 is 0 Å². The Bertz CT molecular complexity index is 504. The molecule has 0 radical (unpaired) electrons. The van der Waals surface area contributed by atoms with Crippen LogP contribution in [-0.2, 0) is 23.5 Å². The lowest BCUT2D eigenvalue weighted by Crippen LogP contribution is -1.99. The van der Waals surface area contributed by atoms with Crippen molar-refractivity contribution in [2.75, 3.05) is 13.2 Å². The smallest absolute Gasteiger partial charge is 0.0928 e. The number of nitrogens with zero attached hydrogens (tertiary/aromatic N) is 2. The highest BCUT2D eigenvalue weighted by atomic mass is 35.5. The Hall–Kier alpha value is -0.970. The number of hydrogen-bond acceptors (Lipinski definition) is 4. The number of unbranched alkanes of at least 4 members (excludes halogenated alkanes) is 1. The summed E-state index contributed by atoms with van der Waals surface area (Å²) in [4.78, 5) is 8.46. The van der Waals surface area contributed by atoms with Gasteiger partial charge in [-0.05, 0) is 49.8 Å². The first-order chi connectivity index (χ1) is 10.4. The largest absolute Gasteiger partial charge is 0.381 e. The molecule has 0 fully saturated rings. The van der Waals surface area contributed by atoms with Crippen molar-refractivity contribution in [3.05, 3.63) is 46.2 Å². The van der Waals surface area contributed by atoms with Crippen molar-refractivity contribution in [1.29, 1.82) is 0 Å². The van der Waals surface area contributed by atoms with Crippen molar-refractivity contribution >= 4 is 22.9 Å². The van der Waals surface area contributed by atoms with Crippen LogP contribution >= 0.6 is 22.9 Å². The van der Waals surface area contributed by atoms with Gasteiger partial charge in [0.15, 0.2) is 0 Å². The molecule has 0 aliphatic heterocycles. The quantitative estimate of drug-likeness (QED) is 0.484. The first kappa shape index (κ1) is 16.4. The monoisotopic (exact) mass is 324 g/mol. The summed E-state index contributed by atoms with van der Waals surface area (Å²) in [5, 5.41) is 3.22. The first-order valence-corrected chi connectivity index (χ1v) is 8.76. The maximum atomic E-state index is 5.74. The molecule has 0 saturated carbocycles. The van der Waals surface area contributed by atoms with Crippen LogP contribution in [0.3, 0.4) is 0 Å². The van der Waals surface area contributed by atoms with Gasteiger partial charge in [0.05, 0.1) is 16.6 Å². The predicted octanol–water partition coefficient (Wildman–Crippen LogP) is 4.25. The van der Waals surface area contributed by atoms with Gasteiger partial charge in [-0.2, -0.15) is 0 Å². The van der Waals surface area contributed by atoms with E-state index >= 15 is 0 Å². The van der Waals surface area contributed by atoms with Crippen LogP contribution in [0.4, 0.5) is 0 Å². The molecule has 0 amide bonds. The molecule has 2 aromatic heterocycles. The van der Waals surface area contributed by atoms with Gasteiger partial charge in [0.1, 0.15) is 0 Å². The lowest BCUT2D eigenvalue weighted by atomic mass is 10.1. The number of halogens is 1. The van der Waals surface area contributed by atoms with Crippen LogP contribution in [0.5, 0.6) is 0 Å². The van der Waals surface area contributed by atoms with Gasteiger partial charge >= 0.3 is 0 Å². The highest BCUT2D eigenvalue weighted by molar-refractivity contribution is 7.09. The summed E-state index contributed by atoms with van der Waals surface area (Å²) in [7, 11) is 0. The predicted molar refractivity (Wildman–Crippen MR) is 88.0 cm³/mol. The number of thiazole rings is 1. The Morgan fingerprint density at radius 3 is 2.62 bits per heavy atom. The van der Waals surface area contributed by atoms with E-state index in [4.69, 9.17) is 16.3 Å². The van der Waals surface area contributed by atoms with E-state index in [2.05, 4.69) is 22.1 Å². The third kappa shape index (κ3) is 6.55. The third-order valence-electron chi connectivity index (χ3n) is 3.17. The molecule has 0 saturated heterocycles. The average molecular weight is 325 g/mol. The molecule has 0 bridgehead atoms. The normalized spacial score (nSPS) is 10.9. The van der Waals surface area contributed by atoms with Gasteiger partial charge in [0.2, 0.25) is 0 Å². The van der Waals surface area contributed by atoms with E-state index in [0.717, 1.165) is 51.0 Å². The van der Waals surface area contributed by atoms with Crippen LogP contribution in [-0.4, -0.2) is 23.2 Å². The molecule has 0 aliphatic rings. The Kier molecular flexibility index (Phi) is 7.71. The summed E-state index contributed by atoms with van der Waals surface area (Å²) < 4.78 is 5.67. The van der Waals surface area contributed by atoms with E-state index in [9.17, 15) is 0 Å². The molecule has 0 atom stereocenters. The van der Waals surface area contributed by atoms with E-state index in [1.807, 2.05) is 17.8 Å². The fourth-order valence-electron chi connectivity index (χ4n) is 2.04. The molecule has 0 aromatic carbocycles. The molecule has 114 valence electrons. The molecule has 5 heteroatoms. The van der Waals surface area contributed by atoms with Crippen LogP contribution in [0.25, 0.3) is 0 Å². The SMILES string of the molecule is ClCc1csc(CCCCOCCCc2ccncc2)n1. The van der Waals surface area contributed by atoms with Crippen molar-refractivity contribution in [3.63, 3.8) is 0 Å². The lowest BCUT2D eigenvalue weighted by molar-refractivity contribution is 0.128. The van der Waals surface area contributed by atoms with Crippen LogP contribution in [0.2, 0.25) is 0 Å². The Balaban J connectivity index is 1.45. The van der Waals surface area contributed by atoms with Crippen LogP contribution in [0, 0.1) is 0 Å². The number of ether oxygens (including phenoxy) is 1. The minimum absolute atomic E-state index is 0.511. The molecule has 2 heterocycles. The van der Waals surface area contributed by atoms with Gasteiger partial charge < -0.3 is 4.74 Å². The summed E-state index contributed by atoms with van der Waals surface area (Å²) in [5.74, 6) is 0.511. The fourth-order valence-corrected chi connectivity index (χ4v) is 3.10. The minimum atomic E-state index is 0.511. The maximum Gasteiger partial charge on any atom is 0.0928 e. The molecule has 3 nitrogen and oxygen atoms in total. The molecular weight excluding hydrogens is 304 g/mol. The van der Waals surface area contributed by atoms with Crippen molar-refractivity contribution in [2.45, 2.75) is 38.0 Å². The summed E-state index contributed by atoms with van der Waals surface area (Å²) in [5.41, 5.74) is 2.32. The van der Waals surface area contributed by atoms with E-state index in [-0.39, 0.29) is 0 Å². The molecule has 0 spiro atoms. The molecule has 21 heavy (non-hydrogen) atoms. The number of alkyl halides is 1. The number of rotatable bonds is 10. The number of pyridine rings is 1. The van der Waals surface area contributed by atoms with Gasteiger partial charge in [-0.3, -0.25) is 4.98 Å². The Labute approximate surface area is 135 Å². The average Bonchev–Trinajstić information content (AvgIpc) is 2.99. The second-order valence-corrected chi connectivity index (χ2v) is 6.10. The summed E-state index contributed by atoms with van der Waals surface area (Å²) in [6, 6.07) is 4.12. The van der Waals surface area contributed by atoms with E-state index < -0.39 is 0 Å². The fraction of sp³-hybridized carbons (Fsp3) is 0.500. The molecule has 0 aliphatic carbocycles. The molecule has 0 N–H and O–H groups in total. The highest BCUT2D eigenvalue weighted by Gasteiger charge is 2.00. The van der Waals surface area contributed by atoms with E-state index in [1.54, 1.807) is 11.3 Å². The van der Waals surface area contributed by atoms with Crippen molar-refractivity contribution < 1.29 is 4.74 Å². The van der Waals surface area contributed by atoms with Gasteiger partial charge in [-0.25, -0.2) is 4.98 Å². The first-order valence-electron chi connectivity index (χ1n) is 7.34. The topological polar surface area (TPSA) is 35.0 Å². The minimum Gasteiger partial charge on any atom is -0.381 e. The van der Waals surface area contributed by atoms with Crippen LogP contribution in [0.15, 0.2) is 29.9 Å². The van der Waals surface area contributed by atoms with Gasteiger partial charge in [-0.1, -0.05) is 0 Å². The lowest BCUT2D eigenvalue weighted by Gasteiger charge is -2.04. The van der Waals surface area contributed by atoms with Gasteiger partial charge in [-0.15, -0.1) is 22.9 Å². The Morgan fingerprint density at radius 1 is 1.05 bits per heavy atom. The second-order valence-electron chi connectivity index (χ2n) is 4.89. The highest BCUT2D eigenvalue weighted by Crippen LogP contribution is 2.14. The van der Waals surface area contributed by atoms with E-state index in [1.165, 1.54) is 10.6 Å². The van der Waals surface area contributed by atoms with Crippen molar-refractivity contribution in [2.24, 2.45) is 0 Å². The van der Waals surface area contributed by atoms with E-state index in [0.29, 0.717) is 5.88 Å². The van der Waals surface area contributed by atoms with Gasteiger partial charge in [0, 0.05) is 31.0 Å². The zero-order chi connectivity index (χ0) is 14.8. The zero-order valence-electron chi connectivity index (χ0n) is 12.1. The number of aromatic nitrogens is 2. The second kappa shape index (κ2) is 9.87. The number of aryl methyl sites for hydroxylation is 2. The van der Waals surface area contributed by atoms with Crippen LogP contribution in [0.1, 0.15) is 35.5 Å².